The molecule has 0 amide bonds. The Kier molecular flexibility index (Phi) is 6.72. The molecule has 136 valence electrons. The molecule has 3 rings (SSSR count). The van der Waals surface area contributed by atoms with Gasteiger partial charge in [0.05, 0.1) is 18.1 Å². The van der Waals surface area contributed by atoms with Crippen LogP contribution in [0.4, 0.5) is 0 Å². The molecule has 0 unspecified atom stereocenters. The Bertz CT molecular complexity index is 550. The number of likely N-dealkylation sites (tertiary alicyclic amines) is 1. The summed E-state index contributed by atoms with van der Waals surface area (Å²) in [7, 11) is 0. The summed E-state index contributed by atoms with van der Waals surface area (Å²) in [6, 6.07) is 10.6. The Hall–Kier alpha value is -1.57. The molecule has 2 aliphatic heterocycles. The Labute approximate surface area is 151 Å². The smallest absolute Gasteiger partial charge is 0.119 e. The number of hydrogen-bond donors (Lipinski definition) is 0. The standard InChI is InChI=1S/C21H30N2O2/c22-18-21(10-16-24-17-11-21)19-6-8-20(9-7-19)25-15-5-14-23-12-3-1-2-4-13-23/h6-9H,1-5,10-17H2. The second-order valence-corrected chi connectivity index (χ2v) is 7.29. The molecule has 2 saturated heterocycles. The molecule has 0 atom stereocenters. The summed E-state index contributed by atoms with van der Waals surface area (Å²) in [6.45, 7) is 5.72. The minimum Gasteiger partial charge on any atom is -0.494 e. The summed E-state index contributed by atoms with van der Waals surface area (Å²) in [5, 5.41) is 9.64. The van der Waals surface area contributed by atoms with Crippen LogP contribution in [0.2, 0.25) is 0 Å². The second kappa shape index (κ2) is 9.22. The van der Waals surface area contributed by atoms with Gasteiger partial charge in [0.25, 0.3) is 0 Å². The number of nitrogens with zero attached hydrogens (tertiary/aromatic N) is 2. The molecule has 0 spiro atoms. The van der Waals surface area contributed by atoms with Crippen molar-refractivity contribution < 1.29 is 9.47 Å². The fraction of sp³-hybridized carbons (Fsp3) is 0.667. The maximum absolute atomic E-state index is 9.64. The van der Waals surface area contributed by atoms with Crippen molar-refractivity contribution in [3.8, 4) is 11.8 Å². The van der Waals surface area contributed by atoms with Gasteiger partial charge in [-0.15, -0.1) is 0 Å². The highest BCUT2D eigenvalue weighted by atomic mass is 16.5. The lowest BCUT2D eigenvalue weighted by Gasteiger charge is -2.31. The van der Waals surface area contributed by atoms with Gasteiger partial charge in [-0.2, -0.15) is 5.26 Å². The van der Waals surface area contributed by atoms with Crippen LogP contribution in [0, 0.1) is 11.3 Å². The predicted octanol–water partition coefficient (Wildman–Crippen LogP) is 3.90. The average molecular weight is 342 g/mol. The number of nitriles is 1. The van der Waals surface area contributed by atoms with E-state index in [4.69, 9.17) is 9.47 Å². The summed E-state index contributed by atoms with van der Waals surface area (Å²) in [6.07, 6.45) is 8.08. The molecule has 0 radical (unpaired) electrons. The SMILES string of the molecule is N#CC1(c2ccc(OCCCN3CCCCCC3)cc2)CCOCC1. The third kappa shape index (κ3) is 4.96. The van der Waals surface area contributed by atoms with E-state index in [-0.39, 0.29) is 5.41 Å². The number of benzene rings is 1. The summed E-state index contributed by atoms with van der Waals surface area (Å²) in [5.41, 5.74) is 0.707. The van der Waals surface area contributed by atoms with Gasteiger partial charge in [0.2, 0.25) is 0 Å². The van der Waals surface area contributed by atoms with Crippen LogP contribution in [0.1, 0.15) is 50.5 Å². The van der Waals surface area contributed by atoms with Crippen LogP contribution < -0.4 is 4.74 Å². The molecule has 2 heterocycles. The van der Waals surface area contributed by atoms with Crippen molar-refractivity contribution in [3.05, 3.63) is 29.8 Å². The monoisotopic (exact) mass is 342 g/mol. The van der Waals surface area contributed by atoms with Crippen molar-refractivity contribution in [2.45, 2.75) is 50.4 Å². The number of ether oxygens (including phenoxy) is 2. The zero-order chi connectivity index (χ0) is 17.4. The van der Waals surface area contributed by atoms with Crippen molar-refractivity contribution in [2.75, 3.05) is 39.5 Å². The highest BCUT2D eigenvalue weighted by Crippen LogP contribution is 2.34. The summed E-state index contributed by atoms with van der Waals surface area (Å²) >= 11 is 0. The first-order valence-electron chi connectivity index (χ1n) is 9.77. The molecule has 0 bridgehead atoms. The molecule has 0 saturated carbocycles. The first kappa shape index (κ1) is 18.2. The van der Waals surface area contributed by atoms with E-state index in [9.17, 15) is 5.26 Å². The largest absolute Gasteiger partial charge is 0.494 e. The van der Waals surface area contributed by atoms with Crippen LogP contribution in [0.25, 0.3) is 0 Å². The Balaban J connectivity index is 1.45. The van der Waals surface area contributed by atoms with E-state index < -0.39 is 0 Å². The topological polar surface area (TPSA) is 45.5 Å². The molecule has 2 aliphatic rings. The van der Waals surface area contributed by atoms with Gasteiger partial charge < -0.3 is 14.4 Å². The molecule has 25 heavy (non-hydrogen) atoms. The Morgan fingerprint density at radius 1 is 1.04 bits per heavy atom. The Morgan fingerprint density at radius 3 is 2.36 bits per heavy atom. The van der Waals surface area contributed by atoms with E-state index in [0.29, 0.717) is 13.2 Å². The van der Waals surface area contributed by atoms with E-state index >= 15 is 0 Å². The summed E-state index contributed by atoms with van der Waals surface area (Å²) in [4.78, 5) is 2.57. The highest BCUT2D eigenvalue weighted by molar-refractivity contribution is 5.37. The quantitative estimate of drug-likeness (QED) is 0.736. The van der Waals surface area contributed by atoms with Gasteiger partial charge in [-0.05, 0) is 62.9 Å². The summed E-state index contributed by atoms with van der Waals surface area (Å²) in [5.74, 6) is 0.903. The third-order valence-corrected chi connectivity index (χ3v) is 5.55. The molecule has 1 aromatic rings. The normalized spacial score (nSPS) is 21.2. The van der Waals surface area contributed by atoms with E-state index in [0.717, 1.165) is 43.7 Å². The lowest BCUT2D eigenvalue weighted by molar-refractivity contribution is 0.0675. The van der Waals surface area contributed by atoms with Crippen molar-refractivity contribution in [2.24, 2.45) is 0 Å². The van der Waals surface area contributed by atoms with Gasteiger partial charge >= 0.3 is 0 Å². The van der Waals surface area contributed by atoms with Crippen LogP contribution in [0.3, 0.4) is 0 Å². The van der Waals surface area contributed by atoms with E-state index in [1.807, 2.05) is 12.1 Å². The maximum atomic E-state index is 9.64. The van der Waals surface area contributed by atoms with Crippen LogP contribution in [0.15, 0.2) is 24.3 Å². The molecule has 2 fully saturated rings. The van der Waals surface area contributed by atoms with Gasteiger partial charge in [-0.25, -0.2) is 0 Å². The van der Waals surface area contributed by atoms with Gasteiger partial charge in [-0.1, -0.05) is 25.0 Å². The molecule has 0 aromatic heterocycles. The predicted molar refractivity (Wildman–Crippen MR) is 98.8 cm³/mol. The molecule has 1 aromatic carbocycles. The van der Waals surface area contributed by atoms with Crippen molar-refractivity contribution in [3.63, 3.8) is 0 Å². The van der Waals surface area contributed by atoms with E-state index in [1.165, 1.54) is 38.8 Å². The van der Waals surface area contributed by atoms with Crippen LogP contribution in [-0.4, -0.2) is 44.4 Å². The first-order chi connectivity index (χ1) is 12.3. The van der Waals surface area contributed by atoms with Gasteiger partial charge in [-0.3, -0.25) is 0 Å². The lowest BCUT2D eigenvalue weighted by atomic mass is 9.75. The molecule has 4 nitrogen and oxygen atoms in total. The van der Waals surface area contributed by atoms with Crippen LogP contribution in [0.5, 0.6) is 5.75 Å². The minimum atomic E-state index is -0.385. The highest BCUT2D eigenvalue weighted by Gasteiger charge is 2.34. The minimum absolute atomic E-state index is 0.385. The third-order valence-electron chi connectivity index (χ3n) is 5.55. The van der Waals surface area contributed by atoms with Crippen LogP contribution >= 0.6 is 0 Å². The lowest BCUT2D eigenvalue weighted by Crippen LogP contribution is -2.32. The molecule has 0 aliphatic carbocycles. The van der Waals surface area contributed by atoms with Gasteiger partial charge in [0.15, 0.2) is 0 Å². The van der Waals surface area contributed by atoms with Gasteiger partial charge in [0, 0.05) is 19.8 Å². The molecular formula is C21H30N2O2. The zero-order valence-electron chi connectivity index (χ0n) is 15.2. The van der Waals surface area contributed by atoms with Gasteiger partial charge in [0.1, 0.15) is 5.75 Å². The molecular weight excluding hydrogens is 312 g/mol. The zero-order valence-corrected chi connectivity index (χ0v) is 15.2. The second-order valence-electron chi connectivity index (χ2n) is 7.29. The van der Waals surface area contributed by atoms with Crippen molar-refractivity contribution >= 4 is 0 Å². The van der Waals surface area contributed by atoms with Crippen LogP contribution in [-0.2, 0) is 10.2 Å². The van der Waals surface area contributed by atoms with E-state index in [2.05, 4.69) is 23.1 Å². The van der Waals surface area contributed by atoms with Crippen molar-refractivity contribution in [1.82, 2.24) is 4.90 Å². The average Bonchev–Trinajstić information content (AvgIpc) is 2.95. The Morgan fingerprint density at radius 2 is 1.72 bits per heavy atom. The fourth-order valence-electron chi connectivity index (χ4n) is 3.89. The fourth-order valence-corrected chi connectivity index (χ4v) is 3.89. The first-order valence-corrected chi connectivity index (χ1v) is 9.77. The number of rotatable bonds is 6. The molecule has 4 heteroatoms. The van der Waals surface area contributed by atoms with Crippen molar-refractivity contribution in [1.29, 1.82) is 5.26 Å². The van der Waals surface area contributed by atoms with E-state index in [1.54, 1.807) is 0 Å². The maximum Gasteiger partial charge on any atom is 0.119 e. The number of hydrogen-bond acceptors (Lipinski definition) is 4. The summed E-state index contributed by atoms with van der Waals surface area (Å²) < 4.78 is 11.3. The molecule has 0 N–H and O–H groups in total.